The summed E-state index contributed by atoms with van der Waals surface area (Å²) < 4.78 is 20.0. The van der Waals surface area contributed by atoms with Crippen molar-refractivity contribution in [2.45, 2.75) is 51.2 Å². The molecule has 0 spiro atoms. The van der Waals surface area contributed by atoms with Gasteiger partial charge in [-0.1, -0.05) is 30.3 Å². The SMILES string of the molecule is CN(C)C(=O)C1CCCN1C(=O)c1ccccc1-c1ccc(OCC2CCN(CC(C)(C)F)CC2)cc1. The molecule has 2 aromatic carbocycles. The molecular formula is C30H40FN3O3. The molecule has 2 saturated heterocycles. The highest BCUT2D eigenvalue weighted by Gasteiger charge is 2.36. The number of rotatable bonds is 8. The Bertz CT molecular complexity index is 1070. The van der Waals surface area contributed by atoms with Crippen LogP contribution in [-0.4, -0.2) is 85.1 Å². The van der Waals surface area contributed by atoms with E-state index in [2.05, 4.69) is 4.90 Å². The number of likely N-dealkylation sites (N-methyl/N-ethyl adjacent to an activating group) is 1. The first-order valence-corrected chi connectivity index (χ1v) is 13.4. The summed E-state index contributed by atoms with van der Waals surface area (Å²) in [7, 11) is 3.47. The van der Waals surface area contributed by atoms with Crippen LogP contribution in [0.5, 0.6) is 5.75 Å². The summed E-state index contributed by atoms with van der Waals surface area (Å²) in [6, 6.07) is 15.1. The van der Waals surface area contributed by atoms with Crippen LogP contribution in [0.3, 0.4) is 0 Å². The molecule has 7 heteroatoms. The van der Waals surface area contributed by atoms with Crippen LogP contribution < -0.4 is 4.74 Å². The van der Waals surface area contributed by atoms with E-state index in [0.29, 0.717) is 37.6 Å². The Morgan fingerprint density at radius 1 is 1.00 bits per heavy atom. The average Bonchev–Trinajstić information content (AvgIpc) is 3.37. The molecule has 2 aliphatic rings. The van der Waals surface area contributed by atoms with Crippen molar-refractivity contribution in [2.75, 3.05) is 46.9 Å². The molecule has 200 valence electrons. The molecule has 37 heavy (non-hydrogen) atoms. The van der Waals surface area contributed by atoms with E-state index in [-0.39, 0.29) is 11.8 Å². The molecule has 0 radical (unpaired) electrons. The highest BCUT2D eigenvalue weighted by Crippen LogP contribution is 2.30. The number of hydrogen-bond acceptors (Lipinski definition) is 4. The first kappa shape index (κ1) is 27.1. The highest BCUT2D eigenvalue weighted by molar-refractivity contribution is 6.03. The predicted molar refractivity (Wildman–Crippen MR) is 144 cm³/mol. The van der Waals surface area contributed by atoms with Crippen molar-refractivity contribution in [3.8, 4) is 16.9 Å². The second kappa shape index (κ2) is 11.6. The number of benzene rings is 2. The maximum absolute atomic E-state index is 13.9. The van der Waals surface area contributed by atoms with E-state index in [1.165, 1.54) is 0 Å². The van der Waals surface area contributed by atoms with Crippen LogP contribution in [0, 0.1) is 5.92 Å². The fraction of sp³-hybridized carbons (Fsp3) is 0.533. The fourth-order valence-corrected chi connectivity index (χ4v) is 5.43. The Kier molecular flexibility index (Phi) is 8.53. The summed E-state index contributed by atoms with van der Waals surface area (Å²) in [4.78, 5) is 31.6. The minimum Gasteiger partial charge on any atom is -0.493 e. The van der Waals surface area contributed by atoms with E-state index < -0.39 is 11.7 Å². The van der Waals surface area contributed by atoms with Crippen LogP contribution in [0.4, 0.5) is 4.39 Å². The monoisotopic (exact) mass is 509 g/mol. The molecule has 0 N–H and O–H groups in total. The van der Waals surface area contributed by atoms with Crippen molar-refractivity contribution in [3.05, 3.63) is 54.1 Å². The molecule has 1 atom stereocenters. The van der Waals surface area contributed by atoms with Crippen molar-refractivity contribution < 1.29 is 18.7 Å². The van der Waals surface area contributed by atoms with Crippen LogP contribution in [0.2, 0.25) is 0 Å². The minimum absolute atomic E-state index is 0.0261. The van der Waals surface area contributed by atoms with Crippen molar-refractivity contribution in [3.63, 3.8) is 0 Å². The number of ether oxygens (including phenoxy) is 1. The molecule has 2 amide bonds. The smallest absolute Gasteiger partial charge is 0.255 e. The molecule has 0 aromatic heterocycles. The van der Waals surface area contributed by atoms with Gasteiger partial charge in [-0.25, -0.2) is 4.39 Å². The van der Waals surface area contributed by atoms with Gasteiger partial charge < -0.3 is 19.4 Å². The number of hydrogen-bond donors (Lipinski definition) is 0. The second-order valence-corrected chi connectivity index (χ2v) is 11.2. The summed E-state index contributed by atoms with van der Waals surface area (Å²) in [6.07, 6.45) is 3.55. The number of alkyl halides is 1. The minimum atomic E-state index is -1.16. The zero-order valence-electron chi connectivity index (χ0n) is 22.6. The Labute approximate surface area is 220 Å². The van der Waals surface area contributed by atoms with Gasteiger partial charge in [-0.15, -0.1) is 0 Å². The van der Waals surface area contributed by atoms with Gasteiger partial charge in [0.05, 0.1) is 6.61 Å². The topological polar surface area (TPSA) is 53.1 Å². The Morgan fingerprint density at radius 3 is 2.32 bits per heavy atom. The van der Waals surface area contributed by atoms with Gasteiger partial charge in [0.15, 0.2) is 0 Å². The summed E-state index contributed by atoms with van der Waals surface area (Å²) in [5, 5.41) is 0. The first-order valence-electron chi connectivity index (χ1n) is 13.4. The van der Waals surface area contributed by atoms with Crippen LogP contribution in [0.15, 0.2) is 48.5 Å². The van der Waals surface area contributed by atoms with E-state index in [9.17, 15) is 14.0 Å². The largest absolute Gasteiger partial charge is 0.493 e. The fourth-order valence-electron chi connectivity index (χ4n) is 5.43. The number of amides is 2. The van der Waals surface area contributed by atoms with Gasteiger partial charge in [-0.3, -0.25) is 9.59 Å². The lowest BCUT2D eigenvalue weighted by Gasteiger charge is -2.34. The summed E-state index contributed by atoms with van der Waals surface area (Å²) in [5.41, 5.74) is 1.24. The molecule has 0 saturated carbocycles. The van der Waals surface area contributed by atoms with Gasteiger partial charge in [0.25, 0.3) is 5.91 Å². The quantitative estimate of drug-likeness (QED) is 0.509. The van der Waals surface area contributed by atoms with E-state index in [4.69, 9.17) is 4.74 Å². The highest BCUT2D eigenvalue weighted by atomic mass is 19.1. The number of halogens is 1. The number of carbonyl (C=O) groups excluding carboxylic acids is 2. The van der Waals surface area contributed by atoms with E-state index in [0.717, 1.165) is 49.2 Å². The Hall–Kier alpha value is -2.93. The standard InChI is InChI=1S/C30H40FN3O3/c1-30(2,31)21-33-18-15-22(16-19-33)20-37-24-13-11-23(12-14-24)25-8-5-6-9-26(25)28(35)34-17-7-10-27(34)29(36)32(3)4/h5-6,8-9,11-14,22,27H,7,10,15-21H2,1-4H3. The Balaban J connectivity index is 1.38. The zero-order chi connectivity index (χ0) is 26.6. The van der Waals surface area contributed by atoms with Gasteiger partial charge in [0, 0.05) is 32.7 Å². The molecule has 2 aromatic rings. The first-order chi connectivity index (χ1) is 17.6. The number of piperidine rings is 1. The van der Waals surface area contributed by atoms with Crippen LogP contribution >= 0.6 is 0 Å². The van der Waals surface area contributed by atoms with Crippen molar-refractivity contribution >= 4 is 11.8 Å². The lowest BCUT2D eigenvalue weighted by molar-refractivity contribution is -0.132. The van der Waals surface area contributed by atoms with E-state index in [1.807, 2.05) is 48.5 Å². The molecule has 6 nitrogen and oxygen atoms in total. The lowest BCUT2D eigenvalue weighted by atomic mass is 9.96. The number of nitrogens with zero attached hydrogens (tertiary/aromatic N) is 3. The maximum Gasteiger partial charge on any atom is 0.255 e. The summed E-state index contributed by atoms with van der Waals surface area (Å²) in [5.74, 6) is 1.14. The third-order valence-electron chi connectivity index (χ3n) is 7.35. The maximum atomic E-state index is 13.9. The van der Waals surface area contributed by atoms with Gasteiger partial charge in [-0.05, 0) is 87.9 Å². The average molecular weight is 510 g/mol. The molecule has 0 bridgehead atoms. The van der Waals surface area contributed by atoms with E-state index in [1.54, 1.807) is 37.7 Å². The molecule has 1 unspecified atom stereocenters. The van der Waals surface area contributed by atoms with Crippen molar-refractivity contribution in [1.29, 1.82) is 0 Å². The molecule has 2 aliphatic heterocycles. The van der Waals surface area contributed by atoms with Crippen LogP contribution in [-0.2, 0) is 4.79 Å². The third kappa shape index (κ3) is 6.89. The van der Waals surface area contributed by atoms with Gasteiger partial charge in [-0.2, -0.15) is 0 Å². The summed E-state index contributed by atoms with van der Waals surface area (Å²) in [6.45, 7) is 6.81. The summed E-state index contributed by atoms with van der Waals surface area (Å²) >= 11 is 0. The van der Waals surface area contributed by atoms with Gasteiger partial charge in [0.2, 0.25) is 5.91 Å². The van der Waals surface area contributed by atoms with E-state index >= 15 is 0 Å². The zero-order valence-corrected chi connectivity index (χ0v) is 22.6. The second-order valence-electron chi connectivity index (χ2n) is 11.2. The van der Waals surface area contributed by atoms with Crippen molar-refractivity contribution in [1.82, 2.24) is 14.7 Å². The normalized spacial score (nSPS) is 19.2. The third-order valence-corrected chi connectivity index (χ3v) is 7.35. The van der Waals surface area contributed by atoms with Crippen LogP contribution in [0.25, 0.3) is 11.1 Å². The van der Waals surface area contributed by atoms with Gasteiger partial charge in [0.1, 0.15) is 17.5 Å². The molecule has 0 aliphatic carbocycles. The lowest BCUT2D eigenvalue weighted by Crippen LogP contribution is -2.45. The molecule has 2 heterocycles. The van der Waals surface area contributed by atoms with Gasteiger partial charge >= 0.3 is 0 Å². The molecule has 2 fully saturated rings. The number of carbonyl (C=O) groups is 2. The van der Waals surface area contributed by atoms with Crippen molar-refractivity contribution in [2.24, 2.45) is 5.92 Å². The number of likely N-dealkylation sites (tertiary alicyclic amines) is 2. The predicted octanol–water partition coefficient (Wildman–Crippen LogP) is 4.89. The Morgan fingerprint density at radius 2 is 1.68 bits per heavy atom. The molecular weight excluding hydrogens is 469 g/mol. The molecule has 4 rings (SSSR count). The van der Waals surface area contributed by atoms with Crippen LogP contribution in [0.1, 0.15) is 49.9 Å².